The van der Waals surface area contributed by atoms with Gasteiger partial charge in [-0.1, -0.05) is 12.1 Å². The molecule has 5 nitrogen and oxygen atoms in total. The average molecular weight is 271 g/mol. The van der Waals surface area contributed by atoms with Crippen LogP contribution in [0.1, 0.15) is 12.5 Å². The second kappa shape index (κ2) is 5.61. The highest BCUT2D eigenvalue weighted by atomic mass is 16.5. The molecular formula is C15H17N3O2. The molecule has 1 unspecified atom stereocenters. The molecule has 2 aromatic rings. The number of anilines is 1. The molecule has 1 amide bonds. The number of nitrogens with two attached hydrogens (primary N) is 1. The topological polar surface area (TPSA) is 77.2 Å². The predicted octanol–water partition coefficient (Wildman–Crippen LogP) is 1.90. The van der Waals surface area contributed by atoms with E-state index in [9.17, 15) is 4.79 Å². The molecule has 0 fully saturated rings. The lowest BCUT2D eigenvalue weighted by molar-refractivity contribution is -0.122. The summed E-state index contributed by atoms with van der Waals surface area (Å²) < 4.78 is 5.17. The van der Waals surface area contributed by atoms with E-state index in [1.54, 1.807) is 38.6 Å². The fourth-order valence-electron chi connectivity index (χ4n) is 1.92. The zero-order valence-corrected chi connectivity index (χ0v) is 11.5. The van der Waals surface area contributed by atoms with Crippen LogP contribution in [0.4, 0.5) is 5.69 Å². The quantitative estimate of drug-likeness (QED) is 0.870. The molecule has 5 heteroatoms. The molecule has 1 heterocycles. The zero-order chi connectivity index (χ0) is 14.6. The van der Waals surface area contributed by atoms with E-state index in [1.807, 2.05) is 24.3 Å². The molecule has 0 aliphatic heterocycles. The Morgan fingerprint density at radius 3 is 2.75 bits per heavy atom. The first-order valence-corrected chi connectivity index (χ1v) is 6.19. The van der Waals surface area contributed by atoms with E-state index in [0.717, 1.165) is 5.69 Å². The normalized spacial score (nSPS) is 13.3. The number of methoxy groups -OCH3 is 1. The van der Waals surface area contributed by atoms with Crippen molar-refractivity contribution in [3.05, 3.63) is 54.4 Å². The van der Waals surface area contributed by atoms with Gasteiger partial charge in [0.05, 0.1) is 7.11 Å². The Balaban J connectivity index is 2.37. The summed E-state index contributed by atoms with van der Waals surface area (Å²) in [5.74, 6) is 0.223. The minimum atomic E-state index is -1.04. The molecule has 0 spiro atoms. The van der Waals surface area contributed by atoms with E-state index in [-0.39, 0.29) is 0 Å². The van der Waals surface area contributed by atoms with Crippen LogP contribution in [0.5, 0.6) is 5.75 Å². The van der Waals surface area contributed by atoms with Crippen LogP contribution in [0.2, 0.25) is 0 Å². The van der Waals surface area contributed by atoms with Gasteiger partial charge < -0.3 is 15.8 Å². The van der Waals surface area contributed by atoms with Crippen molar-refractivity contribution in [3.8, 4) is 5.75 Å². The first kappa shape index (κ1) is 13.9. The molecule has 0 radical (unpaired) electrons. The molecule has 1 aromatic carbocycles. The van der Waals surface area contributed by atoms with Crippen molar-refractivity contribution in [2.45, 2.75) is 12.5 Å². The average Bonchev–Trinajstić information content (AvgIpc) is 2.48. The third kappa shape index (κ3) is 2.71. The Hall–Kier alpha value is -2.56. The van der Waals surface area contributed by atoms with Crippen LogP contribution in [0.3, 0.4) is 0 Å². The third-order valence-electron chi connectivity index (χ3n) is 3.20. The Labute approximate surface area is 117 Å². The smallest absolute Gasteiger partial charge is 0.247 e. The van der Waals surface area contributed by atoms with Gasteiger partial charge in [-0.25, -0.2) is 0 Å². The van der Waals surface area contributed by atoms with Crippen LogP contribution in [0.25, 0.3) is 0 Å². The van der Waals surface area contributed by atoms with Crippen molar-refractivity contribution in [2.75, 3.05) is 12.4 Å². The van der Waals surface area contributed by atoms with E-state index in [2.05, 4.69) is 10.3 Å². The fraction of sp³-hybridized carbons (Fsp3) is 0.200. The fourth-order valence-corrected chi connectivity index (χ4v) is 1.92. The molecule has 20 heavy (non-hydrogen) atoms. The highest BCUT2D eigenvalue weighted by Gasteiger charge is 2.33. The molecule has 3 N–H and O–H groups in total. The standard InChI is InChI=1S/C15H17N3O2/c1-15(14(16)19,11-5-4-8-17-10-11)18-12-6-3-7-13(9-12)20-2/h3-10,18H,1-2H3,(H2,16,19). The lowest BCUT2D eigenvalue weighted by Gasteiger charge is -2.29. The summed E-state index contributed by atoms with van der Waals surface area (Å²) in [5, 5.41) is 3.15. The molecule has 0 bridgehead atoms. The molecule has 2 rings (SSSR count). The lowest BCUT2D eigenvalue weighted by Crippen LogP contribution is -2.45. The van der Waals surface area contributed by atoms with E-state index in [1.165, 1.54) is 0 Å². The van der Waals surface area contributed by atoms with Crippen molar-refractivity contribution >= 4 is 11.6 Å². The number of hydrogen-bond donors (Lipinski definition) is 2. The van der Waals surface area contributed by atoms with Gasteiger partial charge in [-0.3, -0.25) is 9.78 Å². The second-order valence-electron chi connectivity index (χ2n) is 4.59. The number of rotatable bonds is 5. The number of pyridine rings is 1. The molecule has 0 saturated heterocycles. The van der Waals surface area contributed by atoms with Crippen LogP contribution in [0.15, 0.2) is 48.8 Å². The summed E-state index contributed by atoms with van der Waals surface area (Å²) in [6.07, 6.45) is 3.27. The number of ether oxygens (including phenoxy) is 1. The van der Waals surface area contributed by atoms with E-state index < -0.39 is 11.4 Å². The Kier molecular flexibility index (Phi) is 3.89. The number of benzene rings is 1. The first-order valence-electron chi connectivity index (χ1n) is 6.19. The third-order valence-corrected chi connectivity index (χ3v) is 3.20. The highest BCUT2D eigenvalue weighted by molar-refractivity contribution is 5.88. The number of carbonyl (C=O) groups is 1. The number of nitrogens with one attached hydrogen (secondary N) is 1. The van der Waals surface area contributed by atoms with Gasteiger partial charge in [0.2, 0.25) is 5.91 Å². The summed E-state index contributed by atoms with van der Waals surface area (Å²) in [5.41, 5.74) is 5.97. The number of carbonyl (C=O) groups excluding carboxylic acids is 1. The van der Waals surface area contributed by atoms with Gasteiger partial charge in [-0.15, -0.1) is 0 Å². The van der Waals surface area contributed by atoms with Crippen molar-refractivity contribution in [1.29, 1.82) is 0 Å². The maximum atomic E-state index is 11.9. The van der Waals surface area contributed by atoms with Gasteiger partial charge in [-0.05, 0) is 25.1 Å². The van der Waals surface area contributed by atoms with Crippen LogP contribution >= 0.6 is 0 Å². The summed E-state index contributed by atoms with van der Waals surface area (Å²) >= 11 is 0. The predicted molar refractivity (Wildman–Crippen MR) is 77.4 cm³/mol. The maximum Gasteiger partial charge on any atom is 0.247 e. The number of nitrogens with zero attached hydrogens (tertiary/aromatic N) is 1. The van der Waals surface area contributed by atoms with Crippen LogP contribution in [-0.4, -0.2) is 18.0 Å². The molecule has 104 valence electrons. The number of amides is 1. The Morgan fingerprint density at radius 2 is 2.15 bits per heavy atom. The summed E-state index contributed by atoms with van der Waals surface area (Å²) in [4.78, 5) is 15.9. The minimum absolute atomic E-state index is 0.478. The lowest BCUT2D eigenvalue weighted by atomic mass is 9.92. The van der Waals surface area contributed by atoms with Gasteiger partial charge in [0.1, 0.15) is 11.3 Å². The SMILES string of the molecule is COc1cccc(NC(C)(C(N)=O)c2cccnc2)c1. The van der Waals surface area contributed by atoms with Gasteiger partial charge in [-0.2, -0.15) is 0 Å². The number of hydrogen-bond acceptors (Lipinski definition) is 4. The van der Waals surface area contributed by atoms with Crippen molar-refractivity contribution < 1.29 is 9.53 Å². The van der Waals surface area contributed by atoms with Crippen LogP contribution in [-0.2, 0) is 10.3 Å². The zero-order valence-electron chi connectivity index (χ0n) is 11.5. The second-order valence-corrected chi connectivity index (χ2v) is 4.59. The van der Waals surface area contributed by atoms with E-state index in [4.69, 9.17) is 10.5 Å². The van der Waals surface area contributed by atoms with E-state index >= 15 is 0 Å². The maximum absolute atomic E-state index is 11.9. The van der Waals surface area contributed by atoms with Gasteiger partial charge in [0.25, 0.3) is 0 Å². The van der Waals surface area contributed by atoms with Crippen molar-refractivity contribution in [3.63, 3.8) is 0 Å². The summed E-state index contributed by atoms with van der Waals surface area (Å²) in [6.45, 7) is 1.73. The van der Waals surface area contributed by atoms with Gasteiger partial charge >= 0.3 is 0 Å². The van der Waals surface area contributed by atoms with Crippen LogP contribution in [0, 0.1) is 0 Å². The van der Waals surface area contributed by atoms with Crippen molar-refractivity contribution in [2.24, 2.45) is 5.73 Å². The highest BCUT2D eigenvalue weighted by Crippen LogP contribution is 2.27. The van der Waals surface area contributed by atoms with E-state index in [0.29, 0.717) is 11.3 Å². The molecule has 0 aliphatic carbocycles. The van der Waals surface area contributed by atoms with Crippen LogP contribution < -0.4 is 15.8 Å². The Morgan fingerprint density at radius 1 is 1.35 bits per heavy atom. The number of primary amides is 1. The summed E-state index contributed by atoms with van der Waals surface area (Å²) in [7, 11) is 1.59. The van der Waals surface area contributed by atoms with Gasteiger partial charge in [0, 0.05) is 29.7 Å². The molecule has 1 atom stereocenters. The molecule has 1 aromatic heterocycles. The minimum Gasteiger partial charge on any atom is -0.497 e. The Bertz CT molecular complexity index is 601. The summed E-state index contributed by atoms with van der Waals surface area (Å²) in [6, 6.07) is 10.9. The first-order chi connectivity index (χ1) is 9.56. The van der Waals surface area contributed by atoms with Gasteiger partial charge in [0.15, 0.2) is 0 Å². The monoisotopic (exact) mass is 271 g/mol. The molecule has 0 saturated carbocycles. The van der Waals surface area contributed by atoms with Crippen molar-refractivity contribution in [1.82, 2.24) is 4.98 Å². The molecule has 0 aliphatic rings. The largest absolute Gasteiger partial charge is 0.497 e. The number of aromatic nitrogens is 1. The molecular weight excluding hydrogens is 254 g/mol.